The van der Waals surface area contributed by atoms with Gasteiger partial charge in [0.2, 0.25) is 0 Å². The second-order valence-electron chi connectivity index (χ2n) is 5.45. The molecule has 2 fully saturated rings. The number of ether oxygens (including phenoxy) is 2. The molecular weight excluding hydrogens is 230 g/mol. The maximum Gasteiger partial charge on any atom is 0.145 e. The average Bonchev–Trinajstić information content (AvgIpc) is 2.69. The van der Waals surface area contributed by atoms with Crippen LogP contribution in [-0.4, -0.2) is 35.2 Å². The lowest BCUT2D eigenvalue weighted by Gasteiger charge is -2.43. The maximum atomic E-state index is 6.05. The molecule has 0 bridgehead atoms. The Balaban J connectivity index is 1.79. The van der Waals surface area contributed by atoms with Gasteiger partial charge in [-0.3, -0.25) is 4.68 Å². The summed E-state index contributed by atoms with van der Waals surface area (Å²) in [4.78, 5) is 0. The van der Waals surface area contributed by atoms with Crippen molar-refractivity contribution in [2.75, 3.05) is 25.6 Å². The summed E-state index contributed by atoms with van der Waals surface area (Å²) in [7, 11) is 0. The van der Waals surface area contributed by atoms with Gasteiger partial charge in [-0.1, -0.05) is 0 Å². The molecule has 0 aromatic carbocycles. The molecule has 0 saturated carbocycles. The van der Waals surface area contributed by atoms with E-state index in [1.807, 2.05) is 6.07 Å². The van der Waals surface area contributed by atoms with Crippen LogP contribution in [0.5, 0.6) is 0 Å². The third kappa shape index (κ3) is 2.12. The molecule has 1 atom stereocenters. The van der Waals surface area contributed by atoms with Crippen LogP contribution >= 0.6 is 0 Å². The summed E-state index contributed by atoms with van der Waals surface area (Å²) in [5, 5.41) is 4.42. The molecule has 2 N–H and O–H groups in total. The predicted octanol–water partition coefficient (Wildman–Crippen LogP) is 1.67. The fourth-order valence-corrected chi connectivity index (χ4v) is 3.18. The van der Waals surface area contributed by atoms with Crippen LogP contribution < -0.4 is 5.73 Å². The zero-order valence-electron chi connectivity index (χ0n) is 10.9. The van der Waals surface area contributed by atoms with Crippen molar-refractivity contribution < 1.29 is 9.47 Å². The summed E-state index contributed by atoms with van der Waals surface area (Å²) in [5.41, 5.74) is 6.92. The number of aromatic nitrogens is 2. The Morgan fingerprint density at radius 1 is 1.39 bits per heavy atom. The fourth-order valence-electron chi connectivity index (χ4n) is 3.18. The first-order valence-electron chi connectivity index (χ1n) is 6.72. The van der Waals surface area contributed by atoms with Crippen molar-refractivity contribution in [2.45, 2.75) is 44.2 Å². The van der Waals surface area contributed by atoms with Crippen LogP contribution in [-0.2, 0) is 9.47 Å². The predicted molar refractivity (Wildman–Crippen MR) is 68.4 cm³/mol. The van der Waals surface area contributed by atoms with Gasteiger partial charge in [-0.05, 0) is 32.6 Å². The van der Waals surface area contributed by atoms with Crippen molar-refractivity contribution in [3.05, 3.63) is 11.8 Å². The molecule has 0 aliphatic carbocycles. The number of anilines is 1. The topological polar surface area (TPSA) is 62.3 Å². The van der Waals surface area contributed by atoms with E-state index >= 15 is 0 Å². The minimum Gasteiger partial charge on any atom is -0.382 e. The van der Waals surface area contributed by atoms with Gasteiger partial charge in [-0.15, -0.1) is 0 Å². The van der Waals surface area contributed by atoms with Gasteiger partial charge in [0, 0.05) is 31.6 Å². The van der Waals surface area contributed by atoms with E-state index in [1.54, 1.807) is 0 Å². The van der Waals surface area contributed by atoms with E-state index in [4.69, 9.17) is 15.2 Å². The molecule has 100 valence electrons. The highest BCUT2D eigenvalue weighted by Crippen LogP contribution is 2.39. The first-order chi connectivity index (χ1) is 8.69. The molecule has 3 heterocycles. The Kier molecular flexibility index (Phi) is 3.03. The molecule has 3 rings (SSSR count). The molecule has 2 aliphatic heterocycles. The van der Waals surface area contributed by atoms with E-state index in [0.717, 1.165) is 51.2 Å². The minimum absolute atomic E-state index is 0.00825. The minimum atomic E-state index is 0.00825. The quantitative estimate of drug-likeness (QED) is 0.824. The van der Waals surface area contributed by atoms with E-state index in [-0.39, 0.29) is 5.60 Å². The molecule has 5 heteroatoms. The second kappa shape index (κ2) is 4.55. The first-order valence-corrected chi connectivity index (χ1v) is 6.72. The smallest absolute Gasteiger partial charge is 0.145 e. The Bertz CT molecular complexity index is 418. The fraction of sp³-hybridized carbons (Fsp3) is 0.769. The highest BCUT2D eigenvalue weighted by Gasteiger charge is 2.40. The Morgan fingerprint density at radius 2 is 2.17 bits per heavy atom. The molecule has 1 aromatic heterocycles. The number of hydrogen-bond donors (Lipinski definition) is 1. The van der Waals surface area contributed by atoms with Crippen molar-refractivity contribution in [3.8, 4) is 0 Å². The van der Waals surface area contributed by atoms with Gasteiger partial charge in [0.15, 0.2) is 0 Å². The van der Waals surface area contributed by atoms with Crippen LogP contribution in [0.25, 0.3) is 0 Å². The summed E-state index contributed by atoms with van der Waals surface area (Å²) in [6, 6.07) is 2.35. The van der Waals surface area contributed by atoms with Gasteiger partial charge in [0.1, 0.15) is 5.82 Å². The largest absolute Gasteiger partial charge is 0.382 e. The SMILES string of the molecule is Cc1cc(N)nn1C1CCOC2(CCOCC2)C1. The second-order valence-corrected chi connectivity index (χ2v) is 5.45. The van der Waals surface area contributed by atoms with Gasteiger partial charge in [0.25, 0.3) is 0 Å². The third-order valence-electron chi connectivity index (χ3n) is 4.16. The number of nitrogens with two attached hydrogens (primary N) is 1. The molecule has 0 radical (unpaired) electrons. The van der Waals surface area contributed by atoms with Crippen LogP contribution in [0.2, 0.25) is 0 Å². The average molecular weight is 251 g/mol. The Morgan fingerprint density at radius 3 is 2.83 bits per heavy atom. The molecule has 2 aliphatic rings. The van der Waals surface area contributed by atoms with Crippen molar-refractivity contribution in [2.24, 2.45) is 0 Å². The molecule has 18 heavy (non-hydrogen) atoms. The third-order valence-corrected chi connectivity index (χ3v) is 4.16. The van der Waals surface area contributed by atoms with Gasteiger partial charge in [-0.2, -0.15) is 5.10 Å². The summed E-state index contributed by atoms with van der Waals surface area (Å²) in [6.07, 6.45) is 4.04. The van der Waals surface area contributed by atoms with Crippen molar-refractivity contribution >= 4 is 5.82 Å². The lowest BCUT2D eigenvalue weighted by atomic mass is 9.84. The lowest BCUT2D eigenvalue weighted by Crippen LogP contribution is -2.45. The van der Waals surface area contributed by atoms with E-state index in [1.165, 1.54) is 0 Å². The molecule has 5 nitrogen and oxygen atoms in total. The summed E-state index contributed by atoms with van der Waals surface area (Å²) >= 11 is 0. The number of rotatable bonds is 1. The van der Waals surface area contributed by atoms with Gasteiger partial charge >= 0.3 is 0 Å². The van der Waals surface area contributed by atoms with Crippen LogP contribution in [0, 0.1) is 6.92 Å². The monoisotopic (exact) mass is 251 g/mol. The highest BCUT2D eigenvalue weighted by molar-refractivity contribution is 5.29. The number of nitrogen functional groups attached to an aromatic ring is 1. The zero-order chi connectivity index (χ0) is 12.6. The van der Waals surface area contributed by atoms with Crippen molar-refractivity contribution in [1.82, 2.24) is 9.78 Å². The lowest BCUT2D eigenvalue weighted by molar-refractivity contribution is -0.145. The van der Waals surface area contributed by atoms with E-state index < -0.39 is 0 Å². The molecule has 1 spiro atoms. The van der Waals surface area contributed by atoms with Crippen LogP contribution in [0.15, 0.2) is 6.07 Å². The van der Waals surface area contributed by atoms with Crippen LogP contribution in [0.1, 0.15) is 37.4 Å². The van der Waals surface area contributed by atoms with Crippen LogP contribution in [0.4, 0.5) is 5.82 Å². The molecular formula is C13H21N3O2. The van der Waals surface area contributed by atoms with Crippen molar-refractivity contribution in [3.63, 3.8) is 0 Å². The standard InChI is InChI=1S/C13H21N3O2/c1-10-8-12(14)15-16(10)11-2-5-18-13(9-11)3-6-17-7-4-13/h8,11H,2-7,9H2,1H3,(H2,14,15). The molecule has 0 amide bonds. The van der Waals surface area contributed by atoms with Gasteiger partial charge < -0.3 is 15.2 Å². The van der Waals surface area contributed by atoms with E-state index in [9.17, 15) is 0 Å². The highest BCUT2D eigenvalue weighted by atomic mass is 16.5. The van der Waals surface area contributed by atoms with Gasteiger partial charge in [-0.25, -0.2) is 0 Å². The van der Waals surface area contributed by atoms with E-state index in [0.29, 0.717) is 11.9 Å². The molecule has 1 aromatic rings. The number of hydrogen-bond acceptors (Lipinski definition) is 4. The summed E-state index contributed by atoms with van der Waals surface area (Å²) < 4.78 is 13.6. The zero-order valence-corrected chi connectivity index (χ0v) is 10.9. The van der Waals surface area contributed by atoms with Crippen LogP contribution in [0.3, 0.4) is 0 Å². The van der Waals surface area contributed by atoms with Crippen molar-refractivity contribution in [1.29, 1.82) is 0 Å². The van der Waals surface area contributed by atoms with Gasteiger partial charge in [0.05, 0.1) is 11.6 Å². The normalized spacial score (nSPS) is 27.5. The van der Waals surface area contributed by atoms with E-state index in [2.05, 4.69) is 16.7 Å². The summed E-state index contributed by atoms with van der Waals surface area (Å²) in [6.45, 7) is 4.50. The molecule has 1 unspecified atom stereocenters. The number of aryl methyl sites for hydroxylation is 1. The first kappa shape index (κ1) is 12.0. The molecule has 2 saturated heterocycles. The maximum absolute atomic E-state index is 6.05. The Hall–Kier alpha value is -1.07. The summed E-state index contributed by atoms with van der Waals surface area (Å²) in [5.74, 6) is 0.611. The Labute approximate surface area is 107 Å². The number of nitrogens with zero attached hydrogens (tertiary/aromatic N) is 2.